The highest BCUT2D eigenvalue weighted by molar-refractivity contribution is 5.35. The number of rotatable bonds is 0. The highest BCUT2D eigenvalue weighted by Crippen LogP contribution is 2.13. The van der Waals surface area contributed by atoms with Crippen molar-refractivity contribution in [2.24, 2.45) is 0 Å². The number of nitrogens with one attached hydrogen (secondary N) is 1. The van der Waals surface area contributed by atoms with Crippen molar-refractivity contribution in [2.45, 2.75) is 0 Å². The maximum absolute atomic E-state index is 5.28. The van der Waals surface area contributed by atoms with Gasteiger partial charge in [0.25, 0.3) is 0 Å². The maximum Gasteiger partial charge on any atom is 0.149 e. The molecule has 0 fully saturated rings. The number of hydrogen-bond acceptors (Lipinski definition) is 2. The standard InChI is InChI=1S/C10H9NO/c1-3-7-11-9(5-1)10-6-2-4-8-12-10/h1-8,11H. The summed E-state index contributed by atoms with van der Waals surface area (Å²) in [4.78, 5) is 0. The van der Waals surface area contributed by atoms with Gasteiger partial charge < -0.3 is 10.1 Å². The zero-order valence-electron chi connectivity index (χ0n) is 6.53. The van der Waals surface area contributed by atoms with Crippen molar-refractivity contribution < 1.29 is 4.74 Å². The average molecular weight is 159 g/mol. The molecule has 0 atom stereocenters. The van der Waals surface area contributed by atoms with Crippen molar-refractivity contribution in [3.63, 3.8) is 0 Å². The molecular weight excluding hydrogens is 150 g/mol. The minimum absolute atomic E-state index is 0.845. The maximum atomic E-state index is 5.28. The molecule has 2 nitrogen and oxygen atoms in total. The molecule has 2 heteroatoms. The normalized spacial score (nSPS) is 25.3. The smallest absolute Gasteiger partial charge is 0.149 e. The fourth-order valence-electron chi connectivity index (χ4n) is 1.04. The lowest BCUT2D eigenvalue weighted by atomic mass is 10.2. The van der Waals surface area contributed by atoms with E-state index in [-0.39, 0.29) is 0 Å². The van der Waals surface area contributed by atoms with Crippen molar-refractivity contribution in [2.75, 3.05) is 0 Å². The van der Waals surface area contributed by atoms with Crippen LogP contribution >= 0.6 is 0 Å². The van der Waals surface area contributed by atoms with Gasteiger partial charge in [0.1, 0.15) is 5.76 Å². The summed E-state index contributed by atoms with van der Waals surface area (Å²) in [6.45, 7) is 0. The minimum atomic E-state index is 0.845. The third-order valence-corrected chi connectivity index (χ3v) is 1.61. The third kappa shape index (κ3) is 1.32. The molecule has 0 amide bonds. The number of dihydropyridines is 1. The number of ether oxygens (including phenoxy) is 1. The predicted molar refractivity (Wildman–Crippen MR) is 47.8 cm³/mol. The van der Waals surface area contributed by atoms with E-state index in [4.69, 9.17) is 4.74 Å². The zero-order valence-corrected chi connectivity index (χ0v) is 6.53. The van der Waals surface area contributed by atoms with E-state index in [0.717, 1.165) is 11.5 Å². The van der Waals surface area contributed by atoms with Crippen LogP contribution in [0.25, 0.3) is 0 Å². The summed E-state index contributed by atoms with van der Waals surface area (Å²) in [7, 11) is 0. The molecule has 2 rings (SSSR count). The lowest BCUT2D eigenvalue weighted by Gasteiger charge is -2.11. The van der Waals surface area contributed by atoms with Gasteiger partial charge in [-0.25, -0.2) is 0 Å². The van der Waals surface area contributed by atoms with E-state index in [1.54, 1.807) is 6.26 Å². The van der Waals surface area contributed by atoms with Crippen LogP contribution in [0.2, 0.25) is 0 Å². The molecule has 0 saturated heterocycles. The second-order valence-electron chi connectivity index (χ2n) is 2.45. The first kappa shape index (κ1) is 6.98. The van der Waals surface area contributed by atoms with E-state index in [1.807, 2.05) is 42.7 Å². The fraction of sp³-hybridized carbons (Fsp3) is 0. The van der Waals surface area contributed by atoms with E-state index in [9.17, 15) is 0 Å². The Balaban J connectivity index is 2.25. The third-order valence-electron chi connectivity index (χ3n) is 1.61. The van der Waals surface area contributed by atoms with E-state index < -0.39 is 0 Å². The summed E-state index contributed by atoms with van der Waals surface area (Å²) >= 11 is 0. The van der Waals surface area contributed by atoms with E-state index in [2.05, 4.69) is 5.32 Å². The lowest BCUT2D eigenvalue weighted by molar-refractivity contribution is 0.358. The first-order chi connectivity index (χ1) is 5.97. The van der Waals surface area contributed by atoms with Crippen molar-refractivity contribution >= 4 is 0 Å². The molecule has 0 unspecified atom stereocenters. The molecule has 1 N–H and O–H groups in total. The highest BCUT2D eigenvalue weighted by Gasteiger charge is 2.02. The van der Waals surface area contributed by atoms with Crippen LogP contribution in [0.5, 0.6) is 0 Å². The Morgan fingerprint density at radius 3 is 2.58 bits per heavy atom. The van der Waals surface area contributed by atoms with Gasteiger partial charge in [-0.2, -0.15) is 0 Å². The van der Waals surface area contributed by atoms with Crippen molar-refractivity contribution in [3.8, 4) is 0 Å². The van der Waals surface area contributed by atoms with Gasteiger partial charge >= 0.3 is 0 Å². The van der Waals surface area contributed by atoms with Crippen LogP contribution in [0.4, 0.5) is 0 Å². The number of hydrogen-bond donors (Lipinski definition) is 1. The SMILES string of the molecule is C1=CNC(=C2C=CC=CO2)C=C1. The first-order valence-electron chi connectivity index (χ1n) is 3.81. The van der Waals surface area contributed by atoms with Gasteiger partial charge in [-0.3, -0.25) is 0 Å². The molecule has 0 aromatic carbocycles. The quantitative estimate of drug-likeness (QED) is 0.583. The first-order valence-corrected chi connectivity index (χ1v) is 3.81. The Morgan fingerprint density at radius 2 is 1.92 bits per heavy atom. The van der Waals surface area contributed by atoms with Gasteiger partial charge in [0.15, 0.2) is 0 Å². The lowest BCUT2D eigenvalue weighted by Crippen LogP contribution is -2.08. The molecule has 60 valence electrons. The van der Waals surface area contributed by atoms with Gasteiger partial charge in [0.2, 0.25) is 0 Å². The van der Waals surface area contributed by atoms with E-state index >= 15 is 0 Å². The van der Waals surface area contributed by atoms with Crippen LogP contribution in [0.1, 0.15) is 0 Å². The molecule has 0 bridgehead atoms. The number of allylic oxidation sites excluding steroid dienone is 6. The van der Waals surface area contributed by atoms with E-state index in [0.29, 0.717) is 0 Å². The highest BCUT2D eigenvalue weighted by atomic mass is 16.5. The molecule has 2 heterocycles. The van der Waals surface area contributed by atoms with Crippen LogP contribution in [0.3, 0.4) is 0 Å². The van der Waals surface area contributed by atoms with Crippen LogP contribution in [-0.2, 0) is 4.74 Å². The summed E-state index contributed by atoms with van der Waals surface area (Å²) in [5.41, 5.74) is 0.984. The van der Waals surface area contributed by atoms with Crippen molar-refractivity contribution in [3.05, 3.63) is 60.4 Å². The largest absolute Gasteiger partial charge is 0.463 e. The van der Waals surface area contributed by atoms with Gasteiger partial charge in [-0.05, 0) is 24.3 Å². The monoisotopic (exact) mass is 159 g/mol. The summed E-state index contributed by atoms with van der Waals surface area (Å²) in [5, 5.41) is 3.09. The molecule has 0 spiro atoms. The molecule has 0 radical (unpaired) electrons. The second-order valence-corrected chi connectivity index (χ2v) is 2.45. The van der Waals surface area contributed by atoms with Gasteiger partial charge in [0.05, 0.1) is 12.0 Å². The van der Waals surface area contributed by atoms with E-state index in [1.165, 1.54) is 0 Å². The van der Waals surface area contributed by atoms with Gasteiger partial charge in [-0.15, -0.1) is 0 Å². The molecule has 2 aliphatic rings. The topological polar surface area (TPSA) is 21.3 Å². The molecule has 2 aliphatic heterocycles. The Hall–Kier alpha value is -1.70. The predicted octanol–water partition coefficient (Wildman–Crippen LogP) is 1.97. The Bertz CT molecular complexity index is 287. The Morgan fingerprint density at radius 1 is 1.00 bits per heavy atom. The molecule has 0 aromatic heterocycles. The summed E-state index contributed by atoms with van der Waals surface area (Å²) < 4.78 is 5.28. The summed E-state index contributed by atoms with van der Waals surface area (Å²) in [5.74, 6) is 0.845. The molecule has 0 aromatic rings. The summed E-state index contributed by atoms with van der Waals surface area (Å²) in [6, 6.07) is 0. The van der Waals surface area contributed by atoms with Crippen LogP contribution in [0.15, 0.2) is 60.4 Å². The molecule has 12 heavy (non-hydrogen) atoms. The summed E-state index contributed by atoms with van der Waals surface area (Å²) in [6.07, 6.45) is 15.1. The Labute approximate surface area is 71.2 Å². The Kier molecular flexibility index (Phi) is 1.82. The zero-order chi connectivity index (χ0) is 8.23. The average Bonchev–Trinajstić information content (AvgIpc) is 2.21. The molecule has 0 saturated carbocycles. The fourth-order valence-corrected chi connectivity index (χ4v) is 1.04. The van der Waals surface area contributed by atoms with Gasteiger partial charge in [0, 0.05) is 6.20 Å². The minimum Gasteiger partial charge on any atom is -0.463 e. The molecule has 0 aliphatic carbocycles. The molecular formula is C10H9NO. The van der Waals surface area contributed by atoms with Crippen molar-refractivity contribution in [1.29, 1.82) is 0 Å². The van der Waals surface area contributed by atoms with Crippen LogP contribution in [0, 0.1) is 0 Å². The van der Waals surface area contributed by atoms with Crippen LogP contribution < -0.4 is 5.32 Å². The van der Waals surface area contributed by atoms with Crippen molar-refractivity contribution in [1.82, 2.24) is 5.32 Å². The van der Waals surface area contributed by atoms with Gasteiger partial charge in [-0.1, -0.05) is 12.2 Å². The second kappa shape index (κ2) is 3.13. The van der Waals surface area contributed by atoms with Crippen LogP contribution in [-0.4, -0.2) is 0 Å².